The van der Waals surface area contributed by atoms with Gasteiger partial charge in [0.25, 0.3) is 5.91 Å². The molecular formula is C21H22N4O. The Morgan fingerprint density at radius 2 is 1.69 bits per heavy atom. The molecule has 1 amide bonds. The highest BCUT2D eigenvalue weighted by atomic mass is 16.2. The van der Waals surface area contributed by atoms with Gasteiger partial charge in [-0.2, -0.15) is 0 Å². The number of amides is 1. The highest BCUT2D eigenvalue weighted by Crippen LogP contribution is 2.16. The summed E-state index contributed by atoms with van der Waals surface area (Å²) in [7, 11) is 1.80. The van der Waals surface area contributed by atoms with Crippen molar-refractivity contribution in [3.63, 3.8) is 0 Å². The predicted molar refractivity (Wildman–Crippen MR) is 104 cm³/mol. The van der Waals surface area contributed by atoms with Crippen molar-refractivity contribution >= 4 is 17.3 Å². The minimum absolute atomic E-state index is 0.0825. The predicted octanol–water partition coefficient (Wildman–Crippen LogP) is 3.84. The number of carbonyl (C=O) groups excluding carboxylic acids is 1. The van der Waals surface area contributed by atoms with Crippen molar-refractivity contribution in [3.8, 4) is 0 Å². The third-order valence-corrected chi connectivity index (χ3v) is 4.15. The lowest BCUT2D eigenvalue weighted by Gasteiger charge is -2.17. The van der Waals surface area contributed by atoms with E-state index in [9.17, 15) is 4.79 Å². The van der Waals surface area contributed by atoms with Gasteiger partial charge in [0.05, 0.1) is 11.9 Å². The first-order chi connectivity index (χ1) is 12.6. The van der Waals surface area contributed by atoms with Crippen LogP contribution in [0.5, 0.6) is 0 Å². The maximum Gasteiger partial charge on any atom is 0.272 e. The van der Waals surface area contributed by atoms with Crippen LogP contribution in [0.25, 0.3) is 0 Å². The minimum Gasteiger partial charge on any atom is -0.354 e. The molecule has 0 aliphatic heterocycles. The number of carbonyl (C=O) groups is 1. The molecule has 0 saturated carbocycles. The first-order valence-corrected chi connectivity index (χ1v) is 8.56. The average molecular weight is 346 g/mol. The highest BCUT2D eigenvalue weighted by molar-refractivity contribution is 5.92. The van der Waals surface area contributed by atoms with E-state index in [1.54, 1.807) is 36.6 Å². The molecule has 0 atom stereocenters. The summed E-state index contributed by atoms with van der Waals surface area (Å²) in [5, 5.41) is 3.28. The molecule has 0 unspecified atom stereocenters. The first-order valence-electron chi connectivity index (χ1n) is 8.56. The molecule has 0 spiro atoms. The van der Waals surface area contributed by atoms with Crippen molar-refractivity contribution in [2.24, 2.45) is 0 Å². The molecule has 1 aromatic carbocycles. The molecule has 5 nitrogen and oxygen atoms in total. The smallest absolute Gasteiger partial charge is 0.272 e. The Balaban J connectivity index is 1.58. The van der Waals surface area contributed by atoms with Gasteiger partial charge < -0.3 is 10.2 Å². The molecule has 0 radical (unpaired) electrons. The van der Waals surface area contributed by atoms with Crippen molar-refractivity contribution in [2.45, 2.75) is 13.3 Å². The lowest BCUT2D eigenvalue weighted by Crippen LogP contribution is -2.29. The molecule has 0 aliphatic carbocycles. The Labute approximate surface area is 153 Å². The zero-order chi connectivity index (χ0) is 18.4. The van der Waals surface area contributed by atoms with E-state index in [0.717, 1.165) is 23.4 Å². The van der Waals surface area contributed by atoms with E-state index in [1.807, 2.05) is 42.5 Å². The first kappa shape index (κ1) is 17.6. The normalized spacial score (nSPS) is 10.4. The van der Waals surface area contributed by atoms with Gasteiger partial charge in [-0.1, -0.05) is 17.7 Å². The lowest BCUT2D eigenvalue weighted by atomic mass is 10.2. The molecule has 2 aromatic heterocycles. The second-order valence-electron chi connectivity index (χ2n) is 6.26. The topological polar surface area (TPSA) is 58.1 Å². The van der Waals surface area contributed by atoms with Crippen LogP contribution < -0.4 is 5.32 Å². The fourth-order valence-corrected chi connectivity index (χ4v) is 2.54. The lowest BCUT2D eigenvalue weighted by molar-refractivity contribution is 0.0791. The van der Waals surface area contributed by atoms with Crippen LogP contribution in [0.1, 0.15) is 21.6 Å². The van der Waals surface area contributed by atoms with Crippen LogP contribution in [0.15, 0.2) is 67.1 Å². The van der Waals surface area contributed by atoms with Gasteiger partial charge >= 0.3 is 0 Å². The van der Waals surface area contributed by atoms with Crippen LogP contribution in [0.3, 0.4) is 0 Å². The molecular weight excluding hydrogens is 324 g/mol. The summed E-state index contributed by atoms with van der Waals surface area (Å²) in [6.45, 7) is 2.69. The van der Waals surface area contributed by atoms with Crippen molar-refractivity contribution < 1.29 is 4.79 Å². The fourth-order valence-electron chi connectivity index (χ4n) is 2.54. The molecule has 3 aromatic rings. The summed E-state index contributed by atoms with van der Waals surface area (Å²) >= 11 is 0. The Morgan fingerprint density at radius 3 is 2.35 bits per heavy atom. The Bertz CT molecular complexity index is 845. The maximum absolute atomic E-state index is 12.5. The molecule has 26 heavy (non-hydrogen) atoms. The molecule has 0 bridgehead atoms. The molecule has 2 heterocycles. The molecule has 0 aliphatic rings. The van der Waals surface area contributed by atoms with Crippen molar-refractivity contribution in [1.82, 2.24) is 14.9 Å². The highest BCUT2D eigenvalue weighted by Gasteiger charge is 2.13. The van der Waals surface area contributed by atoms with E-state index in [1.165, 1.54) is 5.56 Å². The second kappa shape index (κ2) is 8.25. The maximum atomic E-state index is 12.5. The van der Waals surface area contributed by atoms with Gasteiger partial charge in [-0.25, -0.2) is 4.98 Å². The zero-order valence-electron chi connectivity index (χ0n) is 15.0. The van der Waals surface area contributed by atoms with Gasteiger partial charge in [0.2, 0.25) is 0 Å². The number of hydrogen-bond acceptors (Lipinski definition) is 4. The monoisotopic (exact) mass is 346 g/mol. The van der Waals surface area contributed by atoms with E-state index in [0.29, 0.717) is 12.2 Å². The third kappa shape index (κ3) is 4.66. The van der Waals surface area contributed by atoms with E-state index in [4.69, 9.17) is 0 Å². The van der Waals surface area contributed by atoms with Crippen molar-refractivity contribution in [3.05, 3.63) is 83.9 Å². The van der Waals surface area contributed by atoms with E-state index in [-0.39, 0.29) is 5.91 Å². The SMILES string of the molecule is Cc1ccc(Nc2ccc(C(=O)N(C)CCc3ccncc3)nc2)cc1. The zero-order valence-corrected chi connectivity index (χ0v) is 15.0. The number of aryl methyl sites for hydroxylation is 1. The summed E-state index contributed by atoms with van der Waals surface area (Å²) in [6, 6.07) is 15.7. The third-order valence-electron chi connectivity index (χ3n) is 4.15. The standard InChI is InChI=1S/C21H22N4O/c1-16-3-5-18(6-4-16)24-19-7-8-20(23-15-19)21(26)25(2)14-11-17-9-12-22-13-10-17/h3-10,12-13,15,24H,11,14H2,1-2H3. The van der Waals surface area contributed by atoms with Crippen LogP contribution in [0.4, 0.5) is 11.4 Å². The number of hydrogen-bond donors (Lipinski definition) is 1. The minimum atomic E-state index is -0.0825. The van der Waals surface area contributed by atoms with Gasteiger partial charge in [0.1, 0.15) is 5.69 Å². The average Bonchev–Trinajstić information content (AvgIpc) is 2.69. The number of anilines is 2. The van der Waals surface area contributed by atoms with E-state index in [2.05, 4.69) is 22.2 Å². The van der Waals surface area contributed by atoms with Gasteiger partial charge in [0, 0.05) is 31.7 Å². The van der Waals surface area contributed by atoms with Gasteiger partial charge in [-0.3, -0.25) is 9.78 Å². The summed E-state index contributed by atoms with van der Waals surface area (Å²) < 4.78 is 0. The number of likely N-dealkylation sites (N-methyl/N-ethyl adjacent to an activating group) is 1. The van der Waals surface area contributed by atoms with Gasteiger partial charge in [-0.15, -0.1) is 0 Å². The number of rotatable bonds is 6. The van der Waals surface area contributed by atoms with Crippen LogP contribution in [-0.2, 0) is 6.42 Å². The number of benzene rings is 1. The van der Waals surface area contributed by atoms with Crippen LogP contribution in [0.2, 0.25) is 0 Å². The molecule has 1 N–H and O–H groups in total. The number of nitrogens with zero attached hydrogens (tertiary/aromatic N) is 3. The quantitative estimate of drug-likeness (QED) is 0.737. The molecule has 3 rings (SSSR count). The molecule has 5 heteroatoms. The van der Waals surface area contributed by atoms with E-state index >= 15 is 0 Å². The van der Waals surface area contributed by atoms with Crippen LogP contribution in [-0.4, -0.2) is 34.4 Å². The van der Waals surface area contributed by atoms with Crippen molar-refractivity contribution in [1.29, 1.82) is 0 Å². The largest absolute Gasteiger partial charge is 0.354 e. The van der Waals surface area contributed by atoms with Crippen LogP contribution >= 0.6 is 0 Å². The van der Waals surface area contributed by atoms with Crippen LogP contribution in [0, 0.1) is 6.92 Å². The Kier molecular flexibility index (Phi) is 5.59. The second-order valence-corrected chi connectivity index (χ2v) is 6.26. The number of nitrogens with one attached hydrogen (secondary N) is 1. The van der Waals surface area contributed by atoms with E-state index < -0.39 is 0 Å². The molecule has 0 fully saturated rings. The summed E-state index contributed by atoms with van der Waals surface area (Å²) in [4.78, 5) is 22.5. The molecule has 0 saturated heterocycles. The summed E-state index contributed by atoms with van der Waals surface area (Å²) in [6.07, 6.45) is 6.00. The summed E-state index contributed by atoms with van der Waals surface area (Å²) in [5.74, 6) is -0.0825. The fraction of sp³-hybridized carbons (Fsp3) is 0.190. The van der Waals surface area contributed by atoms with Crippen molar-refractivity contribution in [2.75, 3.05) is 18.9 Å². The van der Waals surface area contributed by atoms with Gasteiger partial charge in [0.15, 0.2) is 0 Å². The number of aromatic nitrogens is 2. The summed E-state index contributed by atoms with van der Waals surface area (Å²) in [5.41, 5.74) is 4.65. The number of pyridine rings is 2. The molecule has 132 valence electrons. The van der Waals surface area contributed by atoms with Gasteiger partial charge in [-0.05, 0) is 55.3 Å². The Hall–Kier alpha value is -3.21. The Morgan fingerprint density at radius 1 is 1.00 bits per heavy atom.